The van der Waals surface area contributed by atoms with Crippen LogP contribution in [0, 0.1) is 0 Å². The number of anilines is 1. The van der Waals surface area contributed by atoms with Gasteiger partial charge in [0.2, 0.25) is 5.91 Å². The third-order valence-corrected chi connectivity index (χ3v) is 3.32. The maximum atomic E-state index is 12.5. The van der Waals surface area contributed by atoms with Gasteiger partial charge in [0.05, 0.1) is 6.54 Å². The predicted molar refractivity (Wildman–Crippen MR) is 87.2 cm³/mol. The van der Waals surface area contributed by atoms with Crippen LogP contribution >= 0.6 is 0 Å². The predicted octanol–water partition coefficient (Wildman–Crippen LogP) is 3.22. The quantitative estimate of drug-likeness (QED) is 0.791. The molecule has 0 aromatic heterocycles. The van der Waals surface area contributed by atoms with Gasteiger partial charge in [0.1, 0.15) is 0 Å². The van der Waals surface area contributed by atoms with E-state index in [0.29, 0.717) is 19.5 Å². The average Bonchev–Trinajstić information content (AvgIpc) is 2.54. The van der Waals surface area contributed by atoms with Crippen molar-refractivity contribution in [2.75, 3.05) is 18.0 Å². The summed E-state index contributed by atoms with van der Waals surface area (Å²) in [4.78, 5) is 14.4. The molecule has 1 amide bonds. The Morgan fingerprint density at radius 2 is 1.62 bits per heavy atom. The van der Waals surface area contributed by atoms with Crippen LogP contribution in [0.15, 0.2) is 60.7 Å². The lowest BCUT2D eigenvalue weighted by Gasteiger charge is -2.23. The molecule has 0 unspecified atom stereocenters. The summed E-state index contributed by atoms with van der Waals surface area (Å²) in [5.74, 6) is 0.144. The van der Waals surface area contributed by atoms with E-state index in [4.69, 9.17) is 0 Å². The largest absolute Gasteiger partial charge is 0.316 e. The molecule has 0 heterocycles. The van der Waals surface area contributed by atoms with Gasteiger partial charge in [0.15, 0.2) is 0 Å². The maximum absolute atomic E-state index is 12.5. The number of para-hydroxylation sites is 1. The molecule has 2 aromatic rings. The Morgan fingerprint density at radius 3 is 2.24 bits per heavy atom. The number of rotatable bonds is 7. The molecule has 2 rings (SSSR count). The van der Waals surface area contributed by atoms with Crippen molar-refractivity contribution in [3.63, 3.8) is 0 Å². The SMILES string of the molecule is CCNCCC(=O)N(Cc1ccccc1)c1ccccc1. The van der Waals surface area contributed by atoms with Crippen molar-refractivity contribution in [3.05, 3.63) is 66.2 Å². The van der Waals surface area contributed by atoms with Crippen LogP contribution in [0.2, 0.25) is 0 Å². The Morgan fingerprint density at radius 1 is 1.00 bits per heavy atom. The minimum Gasteiger partial charge on any atom is -0.316 e. The first-order valence-corrected chi connectivity index (χ1v) is 7.41. The minimum atomic E-state index is 0.144. The van der Waals surface area contributed by atoms with Gasteiger partial charge in [-0.25, -0.2) is 0 Å². The average molecular weight is 282 g/mol. The second-order valence-electron chi connectivity index (χ2n) is 4.90. The van der Waals surface area contributed by atoms with Crippen LogP contribution in [0.5, 0.6) is 0 Å². The molecule has 21 heavy (non-hydrogen) atoms. The molecule has 0 bridgehead atoms. The van der Waals surface area contributed by atoms with Gasteiger partial charge >= 0.3 is 0 Å². The Bertz CT molecular complexity index is 540. The molecule has 0 radical (unpaired) electrons. The first-order chi connectivity index (χ1) is 10.3. The fourth-order valence-corrected chi connectivity index (χ4v) is 2.20. The summed E-state index contributed by atoms with van der Waals surface area (Å²) >= 11 is 0. The number of carbonyl (C=O) groups is 1. The molecule has 0 aliphatic carbocycles. The van der Waals surface area contributed by atoms with Gasteiger partial charge in [0.25, 0.3) is 0 Å². The van der Waals surface area contributed by atoms with Crippen LogP contribution in [-0.2, 0) is 11.3 Å². The molecule has 0 saturated heterocycles. The number of nitrogens with one attached hydrogen (secondary N) is 1. The third kappa shape index (κ3) is 4.72. The Balaban J connectivity index is 2.12. The number of hydrogen-bond acceptors (Lipinski definition) is 2. The van der Waals surface area contributed by atoms with Crippen LogP contribution < -0.4 is 10.2 Å². The van der Waals surface area contributed by atoms with Crippen LogP contribution in [0.3, 0.4) is 0 Å². The molecule has 0 aliphatic heterocycles. The molecule has 110 valence electrons. The van der Waals surface area contributed by atoms with E-state index in [-0.39, 0.29) is 5.91 Å². The Hall–Kier alpha value is -2.13. The highest BCUT2D eigenvalue weighted by Crippen LogP contribution is 2.17. The smallest absolute Gasteiger partial charge is 0.228 e. The zero-order valence-corrected chi connectivity index (χ0v) is 12.5. The van der Waals surface area contributed by atoms with E-state index in [9.17, 15) is 4.79 Å². The van der Waals surface area contributed by atoms with E-state index in [1.165, 1.54) is 0 Å². The molecule has 0 atom stereocenters. The Labute approximate surface area is 126 Å². The Kier molecular flexibility index (Phi) is 5.98. The highest BCUT2D eigenvalue weighted by Gasteiger charge is 2.15. The van der Waals surface area contributed by atoms with Crippen molar-refractivity contribution in [2.24, 2.45) is 0 Å². The lowest BCUT2D eigenvalue weighted by atomic mass is 10.2. The zero-order chi connectivity index (χ0) is 14.9. The third-order valence-electron chi connectivity index (χ3n) is 3.32. The summed E-state index contributed by atoms with van der Waals surface area (Å²) < 4.78 is 0. The molecule has 3 heteroatoms. The summed E-state index contributed by atoms with van der Waals surface area (Å²) in [5, 5.41) is 3.20. The van der Waals surface area contributed by atoms with Gasteiger partial charge in [-0.3, -0.25) is 4.79 Å². The van der Waals surface area contributed by atoms with Crippen LogP contribution in [0.1, 0.15) is 18.9 Å². The summed E-state index contributed by atoms with van der Waals surface area (Å²) in [5.41, 5.74) is 2.08. The monoisotopic (exact) mass is 282 g/mol. The van der Waals surface area contributed by atoms with E-state index in [0.717, 1.165) is 17.8 Å². The van der Waals surface area contributed by atoms with Gasteiger partial charge in [0, 0.05) is 18.7 Å². The summed E-state index contributed by atoms with van der Waals surface area (Å²) in [7, 11) is 0. The molecule has 2 aromatic carbocycles. The standard InChI is InChI=1S/C18H22N2O/c1-2-19-14-13-18(21)20(17-11-7-4-8-12-17)15-16-9-5-3-6-10-16/h3-12,19H,2,13-15H2,1H3. The van der Waals surface area contributed by atoms with E-state index >= 15 is 0 Å². The van der Waals surface area contributed by atoms with Crippen molar-refractivity contribution in [1.29, 1.82) is 0 Å². The number of nitrogens with zero attached hydrogens (tertiary/aromatic N) is 1. The topological polar surface area (TPSA) is 32.3 Å². The van der Waals surface area contributed by atoms with E-state index < -0.39 is 0 Å². The zero-order valence-electron chi connectivity index (χ0n) is 12.5. The molecule has 1 N–H and O–H groups in total. The van der Waals surface area contributed by atoms with Crippen molar-refractivity contribution in [2.45, 2.75) is 19.9 Å². The van der Waals surface area contributed by atoms with Crippen molar-refractivity contribution in [1.82, 2.24) is 5.32 Å². The van der Waals surface area contributed by atoms with E-state index in [2.05, 4.69) is 5.32 Å². The van der Waals surface area contributed by atoms with Crippen LogP contribution in [0.25, 0.3) is 0 Å². The first kappa shape index (κ1) is 15.3. The lowest BCUT2D eigenvalue weighted by Crippen LogP contribution is -2.32. The number of hydrogen-bond donors (Lipinski definition) is 1. The molecular formula is C18H22N2O. The molecule has 0 fully saturated rings. The molecular weight excluding hydrogens is 260 g/mol. The van der Waals surface area contributed by atoms with E-state index in [1.54, 1.807) is 0 Å². The second kappa shape index (κ2) is 8.22. The minimum absolute atomic E-state index is 0.144. The van der Waals surface area contributed by atoms with Crippen LogP contribution in [-0.4, -0.2) is 19.0 Å². The van der Waals surface area contributed by atoms with Crippen molar-refractivity contribution >= 4 is 11.6 Å². The molecule has 0 saturated carbocycles. The number of carbonyl (C=O) groups excluding carboxylic acids is 1. The van der Waals surface area contributed by atoms with Gasteiger partial charge < -0.3 is 10.2 Å². The van der Waals surface area contributed by atoms with Gasteiger partial charge in [-0.05, 0) is 24.2 Å². The van der Waals surface area contributed by atoms with E-state index in [1.807, 2.05) is 72.5 Å². The van der Waals surface area contributed by atoms with Gasteiger partial charge in [-0.15, -0.1) is 0 Å². The van der Waals surface area contributed by atoms with Crippen molar-refractivity contribution in [3.8, 4) is 0 Å². The summed E-state index contributed by atoms with van der Waals surface area (Å²) in [6.07, 6.45) is 0.509. The second-order valence-corrected chi connectivity index (χ2v) is 4.90. The normalized spacial score (nSPS) is 10.3. The number of benzene rings is 2. The summed E-state index contributed by atoms with van der Waals surface area (Å²) in [6, 6.07) is 19.9. The van der Waals surface area contributed by atoms with Crippen LogP contribution in [0.4, 0.5) is 5.69 Å². The van der Waals surface area contributed by atoms with Gasteiger partial charge in [-0.2, -0.15) is 0 Å². The molecule has 3 nitrogen and oxygen atoms in total. The first-order valence-electron chi connectivity index (χ1n) is 7.41. The van der Waals surface area contributed by atoms with Crippen molar-refractivity contribution < 1.29 is 4.79 Å². The highest BCUT2D eigenvalue weighted by atomic mass is 16.2. The summed E-state index contributed by atoms with van der Waals surface area (Å²) in [6.45, 7) is 4.25. The number of amides is 1. The molecule has 0 aliphatic rings. The maximum Gasteiger partial charge on any atom is 0.228 e. The lowest BCUT2D eigenvalue weighted by molar-refractivity contribution is -0.118. The molecule has 0 spiro atoms. The van der Waals surface area contributed by atoms with Gasteiger partial charge in [-0.1, -0.05) is 55.5 Å². The highest BCUT2D eigenvalue weighted by molar-refractivity contribution is 5.93. The fourth-order valence-electron chi connectivity index (χ4n) is 2.20. The fraction of sp³-hybridized carbons (Fsp3) is 0.278.